The largest absolute Gasteiger partial charge is 0.497 e. The van der Waals surface area contributed by atoms with Crippen LogP contribution in [0.15, 0.2) is 48.5 Å². The normalized spacial score (nSPS) is 17.8. The quantitative estimate of drug-likeness (QED) is 0.800. The van der Waals surface area contributed by atoms with E-state index in [0.717, 1.165) is 11.5 Å². The first kappa shape index (κ1) is 20.5. The first-order valence-corrected chi connectivity index (χ1v) is 10.9. The maximum Gasteiger partial charge on any atom is 0.321 e. The maximum absolute atomic E-state index is 14.1. The van der Waals surface area contributed by atoms with Crippen molar-refractivity contribution < 1.29 is 18.7 Å². The molecule has 2 saturated heterocycles. The average molecular weight is 430 g/mol. The fourth-order valence-electron chi connectivity index (χ4n) is 4.03. The minimum absolute atomic E-state index is 0.110. The number of carbonyl (C=O) groups excluding carboxylic acids is 2. The number of nitrogens with zero attached hydrogens (tertiary/aromatic N) is 2. The van der Waals surface area contributed by atoms with Crippen molar-refractivity contribution in [3.63, 3.8) is 0 Å². The van der Waals surface area contributed by atoms with E-state index in [1.807, 2.05) is 0 Å². The Morgan fingerprint density at radius 2 is 1.77 bits per heavy atom. The van der Waals surface area contributed by atoms with Crippen molar-refractivity contribution >= 4 is 29.4 Å². The SMILES string of the molecule is COc1ccc(NC(=O)N2CCC3(CC2)SCCN3C(=O)c2ccccc2F)cc1. The minimum atomic E-state index is -0.495. The van der Waals surface area contributed by atoms with E-state index in [-0.39, 0.29) is 22.4 Å². The Morgan fingerprint density at radius 1 is 1.07 bits per heavy atom. The van der Waals surface area contributed by atoms with Crippen molar-refractivity contribution in [3.05, 3.63) is 59.9 Å². The highest BCUT2D eigenvalue weighted by atomic mass is 32.2. The van der Waals surface area contributed by atoms with Crippen LogP contribution in [0, 0.1) is 5.82 Å². The van der Waals surface area contributed by atoms with Gasteiger partial charge in [0.2, 0.25) is 0 Å². The van der Waals surface area contributed by atoms with Gasteiger partial charge in [0.25, 0.3) is 5.91 Å². The third-order valence-electron chi connectivity index (χ3n) is 5.70. The second-order valence-corrected chi connectivity index (χ2v) is 8.83. The second-order valence-electron chi connectivity index (χ2n) is 7.38. The van der Waals surface area contributed by atoms with E-state index in [2.05, 4.69) is 5.32 Å². The van der Waals surface area contributed by atoms with Crippen LogP contribution in [-0.4, -0.2) is 59.1 Å². The minimum Gasteiger partial charge on any atom is -0.497 e. The molecule has 0 atom stereocenters. The Hall–Kier alpha value is -2.74. The van der Waals surface area contributed by atoms with E-state index in [9.17, 15) is 14.0 Å². The summed E-state index contributed by atoms with van der Waals surface area (Å²) in [5, 5.41) is 2.90. The second kappa shape index (κ2) is 8.55. The van der Waals surface area contributed by atoms with E-state index in [0.29, 0.717) is 38.2 Å². The standard InChI is InChI=1S/C22H24FN3O3S/c1-29-17-8-6-16(7-9-17)24-21(28)25-12-10-22(11-13-25)26(14-15-30-22)20(27)18-4-2-3-5-19(18)23/h2-9H,10-15H2,1H3,(H,24,28). The van der Waals surface area contributed by atoms with Crippen LogP contribution in [-0.2, 0) is 0 Å². The molecule has 8 heteroatoms. The molecular formula is C22H24FN3O3S. The number of thioether (sulfide) groups is 1. The molecule has 2 aliphatic heterocycles. The van der Waals surface area contributed by atoms with Crippen LogP contribution in [0.3, 0.4) is 0 Å². The molecule has 0 unspecified atom stereocenters. The number of methoxy groups -OCH3 is 1. The molecule has 0 aromatic heterocycles. The number of carbonyl (C=O) groups is 2. The van der Waals surface area contributed by atoms with Crippen LogP contribution in [0.5, 0.6) is 5.75 Å². The van der Waals surface area contributed by atoms with Crippen molar-refractivity contribution in [2.75, 3.05) is 37.8 Å². The maximum atomic E-state index is 14.1. The van der Waals surface area contributed by atoms with Gasteiger partial charge in [-0.3, -0.25) is 4.79 Å². The Balaban J connectivity index is 1.40. The third kappa shape index (κ3) is 3.96. The third-order valence-corrected chi connectivity index (χ3v) is 7.25. The van der Waals surface area contributed by atoms with Crippen molar-refractivity contribution in [1.29, 1.82) is 0 Å². The fourth-order valence-corrected chi connectivity index (χ4v) is 5.48. The summed E-state index contributed by atoms with van der Waals surface area (Å²) in [6.07, 6.45) is 1.32. The summed E-state index contributed by atoms with van der Waals surface area (Å²) in [6, 6.07) is 13.1. The number of nitrogens with one attached hydrogen (secondary N) is 1. The number of ether oxygens (including phenoxy) is 1. The predicted octanol–water partition coefficient (Wildman–Crippen LogP) is 4.05. The van der Waals surface area contributed by atoms with Crippen molar-refractivity contribution in [2.45, 2.75) is 17.7 Å². The number of halogens is 1. The van der Waals surface area contributed by atoms with Crippen LogP contribution in [0.25, 0.3) is 0 Å². The van der Waals surface area contributed by atoms with Crippen molar-refractivity contribution in [2.24, 2.45) is 0 Å². The van der Waals surface area contributed by atoms with Gasteiger partial charge >= 0.3 is 6.03 Å². The van der Waals surface area contributed by atoms with Gasteiger partial charge in [-0.2, -0.15) is 0 Å². The van der Waals surface area contributed by atoms with Crippen molar-refractivity contribution in [1.82, 2.24) is 9.80 Å². The number of rotatable bonds is 3. The lowest BCUT2D eigenvalue weighted by Gasteiger charge is -2.44. The molecule has 2 aliphatic rings. The van der Waals surface area contributed by atoms with E-state index >= 15 is 0 Å². The highest BCUT2D eigenvalue weighted by molar-refractivity contribution is 8.00. The van der Waals surface area contributed by atoms with Gasteiger partial charge in [0, 0.05) is 31.1 Å². The molecule has 0 saturated carbocycles. The molecule has 1 N–H and O–H groups in total. The molecule has 30 heavy (non-hydrogen) atoms. The fraction of sp³-hybridized carbons (Fsp3) is 0.364. The van der Waals surface area contributed by atoms with E-state index in [1.165, 1.54) is 12.1 Å². The molecule has 2 heterocycles. The number of anilines is 1. The summed E-state index contributed by atoms with van der Waals surface area (Å²) in [6.45, 7) is 1.67. The molecule has 0 bridgehead atoms. The Labute approximate surface area is 179 Å². The number of likely N-dealkylation sites (tertiary alicyclic amines) is 1. The van der Waals surface area contributed by atoms with Gasteiger partial charge < -0.3 is 19.9 Å². The summed E-state index contributed by atoms with van der Waals surface area (Å²) >= 11 is 1.73. The Kier molecular flexibility index (Phi) is 5.85. The lowest BCUT2D eigenvalue weighted by Crippen LogP contribution is -2.54. The van der Waals surface area contributed by atoms with Crippen LogP contribution < -0.4 is 10.1 Å². The molecule has 6 nitrogen and oxygen atoms in total. The number of amides is 3. The molecular weight excluding hydrogens is 405 g/mol. The monoisotopic (exact) mass is 429 g/mol. The number of hydrogen-bond acceptors (Lipinski definition) is 4. The molecule has 3 amide bonds. The van der Waals surface area contributed by atoms with Gasteiger partial charge in [-0.1, -0.05) is 12.1 Å². The molecule has 2 aromatic carbocycles. The summed E-state index contributed by atoms with van der Waals surface area (Å²) in [5.74, 6) is 0.781. The Bertz CT molecular complexity index is 929. The highest BCUT2D eigenvalue weighted by Gasteiger charge is 2.47. The summed E-state index contributed by atoms with van der Waals surface area (Å²) in [5.41, 5.74) is 0.812. The van der Waals surface area contributed by atoms with Gasteiger partial charge in [-0.25, -0.2) is 9.18 Å². The number of benzene rings is 2. The number of urea groups is 1. The predicted molar refractivity (Wildman–Crippen MR) is 115 cm³/mol. The zero-order valence-corrected chi connectivity index (χ0v) is 17.6. The van der Waals surface area contributed by atoms with Crippen molar-refractivity contribution in [3.8, 4) is 5.75 Å². The lowest BCUT2D eigenvalue weighted by molar-refractivity contribution is 0.0581. The lowest BCUT2D eigenvalue weighted by atomic mass is 10.0. The van der Waals surface area contributed by atoms with E-state index in [4.69, 9.17) is 4.74 Å². The van der Waals surface area contributed by atoms with Gasteiger partial charge in [0.05, 0.1) is 17.5 Å². The van der Waals surface area contributed by atoms with E-state index in [1.54, 1.807) is 65.1 Å². The van der Waals surface area contributed by atoms with Gasteiger partial charge in [0.1, 0.15) is 11.6 Å². The first-order chi connectivity index (χ1) is 14.5. The molecule has 2 aromatic rings. The Morgan fingerprint density at radius 3 is 2.43 bits per heavy atom. The van der Waals surface area contributed by atoms with Crippen LogP contribution in [0.4, 0.5) is 14.9 Å². The summed E-state index contributed by atoms with van der Waals surface area (Å²) in [4.78, 5) is 28.9. The highest BCUT2D eigenvalue weighted by Crippen LogP contribution is 2.44. The molecule has 4 rings (SSSR count). The first-order valence-electron chi connectivity index (χ1n) is 9.93. The van der Waals surface area contributed by atoms with Crippen LogP contribution >= 0.6 is 11.8 Å². The molecule has 0 radical (unpaired) electrons. The average Bonchev–Trinajstić information content (AvgIpc) is 3.17. The number of hydrogen-bond donors (Lipinski definition) is 1. The molecule has 2 fully saturated rings. The molecule has 1 spiro atoms. The summed E-state index contributed by atoms with van der Waals surface area (Å²) in [7, 11) is 1.60. The summed E-state index contributed by atoms with van der Waals surface area (Å²) < 4.78 is 19.3. The zero-order valence-electron chi connectivity index (χ0n) is 16.8. The van der Waals surface area contributed by atoms with Gasteiger partial charge in [-0.15, -0.1) is 11.8 Å². The number of piperidine rings is 1. The zero-order chi connectivity index (χ0) is 21.1. The molecule has 0 aliphatic carbocycles. The van der Waals surface area contributed by atoms with Gasteiger partial charge in [0.15, 0.2) is 0 Å². The topological polar surface area (TPSA) is 61.9 Å². The molecule has 158 valence electrons. The smallest absolute Gasteiger partial charge is 0.321 e. The van der Waals surface area contributed by atoms with E-state index < -0.39 is 5.82 Å². The van der Waals surface area contributed by atoms with Crippen LogP contribution in [0.2, 0.25) is 0 Å². The van der Waals surface area contributed by atoms with Crippen LogP contribution in [0.1, 0.15) is 23.2 Å². The van der Waals surface area contributed by atoms with Gasteiger partial charge in [-0.05, 0) is 49.2 Å².